The molecule has 0 saturated carbocycles. The van der Waals surface area contributed by atoms with Crippen molar-refractivity contribution >= 4 is 39.8 Å². The van der Waals surface area contributed by atoms with Gasteiger partial charge in [0, 0.05) is 11.5 Å². The molecule has 3 rings (SSSR count). The zero-order valence-electron chi connectivity index (χ0n) is 21.2. The maximum absolute atomic E-state index is 13.8. The number of nitrogens with one attached hydrogen (secondary N) is 1. The zero-order valence-corrected chi connectivity index (χ0v) is 22.0. The first-order valence-electron chi connectivity index (χ1n) is 11.5. The third-order valence-corrected chi connectivity index (χ3v) is 6.38. The summed E-state index contributed by atoms with van der Waals surface area (Å²) in [5, 5.41) is 6.32. The Bertz CT molecular complexity index is 1360. The SMILES string of the molecule is CCCOC(=O)c1c(NC(=O)c2cc3nc(C(C)(C)C)cc(C(F)(F)F)n3n2)sc(C(=O)OCC)c1C. The molecule has 0 spiro atoms. The summed E-state index contributed by atoms with van der Waals surface area (Å²) in [6.07, 6.45) is -4.20. The number of fused-ring (bicyclic) bond motifs is 1. The molecule has 9 nitrogen and oxygen atoms in total. The molecule has 1 N–H and O–H groups in total. The number of alkyl halides is 3. The Kier molecular flexibility index (Phi) is 7.96. The minimum atomic E-state index is -4.75. The van der Waals surface area contributed by atoms with Crippen LogP contribution in [0.5, 0.6) is 0 Å². The molecule has 3 aromatic rings. The number of rotatable bonds is 7. The Hall–Kier alpha value is -3.48. The number of amides is 1. The highest BCUT2D eigenvalue weighted by Gasteiger charge is 2.37. The van der Waals surface area contributed by atoms with Crippen molar-refractivity contribution < 1.29 is 37.0 Å². The molecule has 0 radical (unpaired) electrons. The quantitative estimate of drug-likeness (QED) is 0.399. The molecular formula is C24H27F3N4O5S. The fraction of sp³-hybridized carbons (Fsp3) is 0.458. The number of halogens is 3. The van der Waals surface area contributed by atoms with Crippen molar-refractivity contribution in [1.82, 2.24) is 14.6 Å². The molecule has 0 saturated heterocycles. The van der Waals surface area contributed by atoms with Gasteiger partial charge in [0.05, 0.1) is 24.5 Å². The van der Waals surface area contributed by atoms with E-state index in [1.165, 1.54) is 6.92 Å². The Morgan fingerprint density at radius 3 is 2.32 bits per heavy atom. The summed E-state index contributed by atoms with van der Waals surface area (Å²) in [6.45, 7) is 10.3. The standard InChI is InChI=1S/C24H27F3N4O5S/c1-7-9-36-21(33)17-12(3)18(22(34)35-8-2)37-20(17)29-19(32)13-10-16-28-14(23(4,5)6)11-15(24(25,26)27)31(16)30-13/h10-11H,7-9H2,1-6H3,(H,29,32). The van der Waals surface area contributed by atoms with Crippen molar-refractivity contribution in [3.05, 3.63) is 45.2 Å². The van der Waals surface area contributed by atoms with E-state index >= 15 is 0 Å². The number of ether oxygens (including phenoxy) is 2. The number of anilines is 1. The second kappa shape index (κ2) is 10.5. The first-order valence-corrected chi connectivity index (χ1v) is 12.3. The van der Waals surface area contributed by atoms with Crippen molar-refractivity contribution in [1.29, 1.82) is 0 Å². The number of carbonyl (C=O) groups excluding carboxylic acids is 3. The molecule has 13 heteroatoms. The van der Waals surface area contributed by atoms with Crippen LogP contribution in [0.25, 0.3) is 5.65 Å². The molecule has 0 atom stereocenters. The van der Waals surface area contributed by atoms with Crippen molar-refractivity contribution in [2.45, 2.75) is 59.6 Å². The van der Waals surface area contributed by atoms with Gasteiger partial charge in [-0.1, -0.05) is 27.7 Å². The van der Waals surface area contributed by atoms with Crippen molar-refractivity contribution in [3.8, 4) is 0 Å². The maximum atomic E-state index is 13.8. The van der Waals surface area contributed by atoms with E-state index in [0.29, 0.717) is 10.9 Å². The summed E-state index contributed by atoms with van der Waals surface area (Å²) < 4.78 is 52.2. The molecule has 0 bridgehead atoms. The van der Waals surface area contributed by atoms with Gasteiger partial charge in [0.1, 0.15) is 15.6 Å². The van der Waals surface area contributed by atoms with Gasteiger partial charge in [-0.2, -0.15) is 18.3 Å². The van der Waals surface area contributed by atoms with E-state index < -0.39 is 35.1 Å². The largest absolute Gasteiger partial charge is 0.462 e. The van der Waals surface area contributed by atoms with Gasteiger partial charge in [0.2, 0.25) is 0 Å². The highest BCUT2D eigenvalue weighted by Crippen LogP contribution is 2.35. The average molecular weight is 541 g/mol. The van der Waals surface area contributed by atoms with E-state index in [9.17, 15) is 27.6 Å². The highest BCUT2D eigenvalue weighted by atomic mass is 32.1. The van der Waals surface area contributed by atoms with Gasteiger partial charge >= 0.3 is 18.1 Å². The van der Waals surface area contributed by atoms with Gasteiger partial charge in [-0.15, -0.1) is 11.3 Å². The Morgan fingerprint density at radius 1 is 1.08 bits per heavy atom. The predicted octanol–water partition coefficient (Wildman–Crippen LogP) is 5.41. The van der Waals surface area contributed by atoms with Crippen LogP contribution in [0.4, 0.5) is 18.2 Å². The van der Waals surface area contributed by atoms with Crippen LogP contribution in [0.3, 0.4) is 0 Å². The Balaban J connectivity index is 2.07. The Morgan fingerprint density at radius 2 is 1.76 bits per heavy atom. The summed E-state index contributed by atoms with van der Waals surface area (Å²) in [5.74, 6) is -2.33. The number of carbonyl (C=O) groups is 3. The monoisotopic (exact) mass is 540 g/mol. The molecular weight excluding hydrogens is 513 g/mol. The lowest BCUT2D eigenvalue weighted by molar-refractivity contribution is -0.142. The van der Waals surface area contributed by atoms with Gasteiger partial charge in [0.25, 0.3) is 5.91 Å². The highest BCUT2D eigenvalue weighted by molar-refractivity contribution is 7.18. The minimum Gasteiger partial charge on any atom is -0.462 e. The molecule has 0 fully saturated rings. The number of thiophene rings is 1. The topological polar surface area (TPSA) is 112 Å². The van der Waals surface area contributed by atoms with Gasteiger partial charge in [0.15, 0.2) is 11.3 Å². The van der Waals surface area contributed by atoms with Gasteiger partial charge in [-0.25, -0.2) is 19.1 Å². The minimum absolute atomic E-state index is 0.0110. The lowest BCUT2D eigenvalue weighted by atomic mass is 9.91. The third kappa shape index (κ3) is 5.92. The van der Waals surface area contributed by atoms with Crippen molar-refractivity contribution in [2.75, 3.05) is 18.5 Å². The fourth-order valence-corrected chi connectivity index (χ4v) is 4.43. The first-order chi connectivity index (χ1) is 17.2. The maximum Gasteiger partial charge on any atom is 0.433 e. The second-order valence-electron chi connectivity index (χ2n) is 9.14. The van der Waals surface area contributed by atoms with E-state index in [-0.39, 0.29) is 51.3 Å². The van der Waals surface area contributed by atoms with Crippen LogP contribution < -0.4 is 5.32 Å². The lowest BCUT2D eigenvalue weighted by Crippen LogP contribution is -2.20. The first kappa shape index (κ1) is 28.1. The van der Waals surface area contributed by atoms with Crippen LogP contribution in [0, 0.1) is 6.92 Å². The summed E-state index contributed by atoms with van der Waals surface area (Å²) in [4.78, 5) is 42.5. The molecule has 200 valence electrons. The second-order valence-corrected chi connectivity index (χ2v) is 10.2. The molecule has 0 aliphatic rings. The van der Waals surface area contributed by atoms with Gasteiger partial charge in [-0.05, 0) is 31.9 Å². The third-order valence-electron chi connectivity index (χ3n) is 5.19. The molecule has 0 aromatic carbocycles. The number of aromatic nitrogens is 3. The lowest BCUT2D eigenvalue weighted by Gasteiger charge is -2.19. The van der Waals surface area contributed by atoms with Crippen LogP contribution in [0.2, 0.25) is 0 Å². The average Bonchev–Trinajstić information content (AvgIpc) is 3.36. The molecule has 37 heavy (non-hydrogen) atoms. The number of esters is 2. The molecule has 0 unspecified atom stereocenters. The predicted molar refractivity (Wildman–Crippen MR) is 130 cm³/mol. The summed E-state index contributed by atoms with van der Waals surface area (Å²) in [5.41, 5.74) is -1.91. The number of hydrogen-bond acceptors (Lipinski definition) is 8. The van der Waals surface area contributed by atoms with Crippen molar-refractivity contribution in [2.24, 2.45) is 0 Å². The van der Waals surface area contributed by atoms with E-state index in [0.717, 1.165) is 23.5 Å². The number of hydrogen-bond donors (Lipinski definition) is 1. The van der Waals surface area contributed by atoms with Crippen LogP contribution in [-0.4, -0.2) is 45.7 Å². The zero-order chi connectivity index (χ0) is 27.7. The Labute approximate surface area is 215 Å². The number of nitrogens with zero attached hydrogens (tertiary/aromatic N) is 3. The van der Waals surface area contributed by atoms with E-state index in [4.69, 9.17) is 9.47 Å². The van der Waals surface area contributed by atoms with Gasteiger partial charge < -0.3 is 14.8 Å². The summed E-state index contributed by atoms with van der Waals surface area (Å²) in [7, 11) is 0. The van der Waals surface area contributed by atoms with E-state index in [2.05, 4.69) is 15.4 Å². The van der Waals surface area contributed by atoms with Crippen LogP contribution >= 0.6 is 11.3 Å². The van der Waals surface area contributed by atoms with Crippen molar-refractivity contribution in [3.63, 3.8) is 0 Å². The molecule has 1 amide bonds. The van der Waals surface area contributed by atoms with E-state index in [1.807, 2.05) is 0 Å². The molecule has 0 aliphatic carbocycles. The normalized spacial score (nSPS) is 12.0. The molecule has 0 aliphatic heterocycles. The van der Waals surface area contributed by atoms with Crippen LogP contribution in [0.15, 0.2) is 12.1 Å². The molecule has 3 heterocycles. The van der Waals surface area contributed by atoms with E-state index in [1.54, 1.807) is 34.6 Å². The van der Waals surface area contributed by atoms with Gasteiger partial charge in [-0.3, -0.25) is 4.79 Å². The molecule has 3 aromatic heterocycles. The van der Waals surface area contributed by atoms with Crippen LogP contribution in [0.1, 0.15) is 88.5 Å². The summed E-state index contributed by atoms with van der Waals surface area (Å²) in [6, 6.07) is 2.03. The fourth-order valence-electron chi connectivity index (χ4n) is 3.34. The summed E-state index contributed by atoms with van der Waals surface area (Å²) >= 11 is 0.802. The van der Waals surface area contributed by atoms with Crippen LogP contribution in [-0.2, 0) is 21.1 Å². The smallest absolute Gasteiger partial charge is 0.433 e.